The standard InChI is InChI=1S/C15H30FS/c1-2-3-4-5-6-7-8-9-11-14-17-15-12-10-13-16/h1-15H2. The molecule has 0 spiro atoms. The number of hydrogen-bond donors (Lipinski definition) is 0. The summed E-state index contributed by atoms with van der Waals surface area (Å²) in [4.78, 5) is 0. The molecule has 0 heterocycles. The van der Waals surface area contributed by atoms with E-state index in [2.05, 4.69) is 6.92 Å². The van der Waals surface area contributed by atoms with E-state index < -0.39 is 0 Å². The average Bonchev–Trinajstić information content (AvgIpc) is 2.35. The van der Waals surface area contributed by atoms with Gasteiger partial charge in [-0.15, -0.1) is 0 Å². The molecule has 17 heavy (non-hydrogen) atoms. The van der Waals surface area contributed by atoms with Crippen LogP contribution in [-0.4, -0.2) is 18.2 Å². The molecule has 0 fully saturated rings. The number of alkyl halides is 1. The molecule has 0 saturated carbocycles. The third-order valence-electron chi connectivity index (χ3n) is 2.96. The Morgan fingerprint density at radius 3 is 1.65 bits per heavy atom. The Balaban J connectivity index is 2.85. The van der Waals surface area contributed by atoms with E-state index >= 15 is 0 Å². The zero-order valence-corrected chi connectivity index (χ0v) is 12.2. The summed E-state index contributed by atoms with van der Waals surface area (Å²) < 4.78 is 11.8. The van der Waals surface area contributed by atoms with Gasteiger partial charge in [0.25, 0.3) is 0 Å². The van der Waals surface area contributed by atoms with E-state index in [1.54, 1.807) is 0 Å². The van der Waals surface area contributed by atoms with Crippen LogP contribution in [0.3, 0.4) is 0 Å². The summed E-state index contributed by atoms with van der Waals surface area (Å²) >= 11 is 1.99. The van der Waals surface area contributed by atoms with Gasteiger partial charge in [0.05, 0.1) is 6.67 Å². The lowest BCUT2D eigenvalue weighted by Gasteiger charge is -2.02. The minimum atomic E-state index is -0.144. The summed E-state index contributed by atoms with van der Waals surface area (Å²) in [6.07, 6.45) is 13.9. The van der Waals surface area contributed by atoms with Crippen molar-refractivity contribution in [3.8, 4) is 0 Å². The Hall–Kier alpha value is 0.280. The first-order valence-corrected chi connectivity index (χ1v) is 8.50. The molecule has 0 nitrogen and oxygen atoms in total. The quantitative estimate of drug-likeness (QED) is 0.355. The second-order valence-electron chi connectivity index (χ2n) is 4.69. The summed E-state index contributed by atoms with van der Waals surface area (Å²) in [5, 5.41) is 0. The molecule has 0 atom stereocenters. The van der Waals surface area contributed by atoms with Gasteiger partial charge in [0.2, 0.25) is 0 Å². The molecule has 0 N–H and O–H groups in total. The fraction of sp³-hybridized carbons (Fsp3) is 0.933. The molecule has 0 aliphatic heterocycles. The minimum absolute atomic E-state index is 0.144. The predicted molar refractivity (Wildman–Crippen MR) is 79.4 cm³/mol. The highest BCUT2D eigenvalue weighted by Crippen LogP contribution is 2.12. The topological polar surface area (TPSA) is 0 Å². The highest BCUT2D eigenvalue weighted by Gasteiger charge is 1.93. The minimum Gasteiger partial charge on any atom is -0.251 e. The summed E-state index contributed by atoms with van der Waals surface area (Å²) in [5.41, 5.74) is 0. The van der Waals surface area contributed by atoms with Crippen molar-refractivity contribution in [2.45, 2.75) is 70.6 Å². The molecular weight excluding hydrogens is 231 g/mol. The van der Waals surface area contributed by atoms with Gasteiger partial charge in [-0.25, -0.2) is 0 Å². The van der Waals surface area contributed by atoms with Gasteiger partial charge in [0, 0.05) is 0 Å². The van der Waals surface area contributed by atoms with Crippen molar-refractivity contribution in [1.82, 2.24) is 0 Å². The molecule has 0 aromatic carbocycles. The molecule has 0 aliphatic rings. The number of rotatable bonds is 14. The molecule has 2 heteroatoms. The number of hydrogen-bond acceptors (Lipinski definition) is 1. The van der Waals surface area contributed by atoms with Crippen molar-refractivity contribution in [3.63, 3.8) is 0 Å². The van der Waals surface area contributed by atoms with Crippen LogP contribution in [0.5, 0.6) is 0 Å². The van der Waals surface area contributed by atoms with E-state index in [1.165, 1.54) is 57.1 Å². The number of unbranched alkanes of at least 4 members (excludes halogenated alkanes) is 9. The number of thioether (sulfide) groups is 1. The van der Waals surface area contributed by atoms with Gasteiger partial charge >= 0.3 is 0 Å². The smallest absolute Gasteiger partial charge is 0.0894 e. The first-order chi connectivity index (χ1) is 8.41. The SMILES string of the molecule is [CH2]CCCCCCCCCCSCCCCF. The largest absolute Gasteiger partial charge is 0.251 e. The van der Waals surface area contributed by atoms with Crippen LogP contribution in [0.4, 0.5) is 4.39 Å². The second-order valence-corrected chi connectivity index (χ2v) is 5.92. The van der Waals surface area contributed by atoms with Crippen LogP contribution in [0.2, 0.25) is 0 Å². The summed E-state index contributed by atoms with van der Waals surface area (Å²) in [7, 11) is 0. The molecule has 0 unspecified atom stereocenters. The molecule has 0 saturated heterocycles. The highest BCUT2D eigenvalue weighted by atomic mass is 32.2. The number of halogens is 1. The Morgan fingerprint density at radius 1 is 0.647 bits per heavy atom. The van der Waals surface area contributed by atoms with Gasteiger partial charge in [-0.2, -0.15) is 11.8 Å². The van der Waals surface area contributed by atoms with Crippen LogP contribution < -0.4 is 0 Å². The highest BCUT2D eigenvalue weighted by molar-refractivity contribution is 7.99. The van der Waals surface area contributed by atoms with Gasteiger partial charge in [0.1, 0.15) is 0 Å². The zero-order valence-electron chi connectivity index (χ0n) is 11.4. The molecule has 0 aromatic rings. The molecule has 0 rings (SSSR count). The molecule has 0 aromatic heterocycles. The van der Waals surface area contributed by atoms with Gasteiger partial charge in [0.15, 0.2) is 0 Å². The van der Waals surface area contributed by atoms with Crippen LogP contribution >= 0.6 is 11.8 Å². The Bertz CT molecular complexity index is 114. The van der Waals surface area contributed by atoms with E-state index in [0.29, 0.717) is 0 Å². The van der Waals surface area contributed by atoms with Crippen LogP contribution in [0.1, 0.15) is 70.6 Å². The molecule has 0 bridgehead atoms. The van der Waals surface area contributed by atoms with Gasteiger partial charge in [-0.1, -0.05) is 58.3 Å². The van der Waals surface area contributed by atoms with E-state index in [4.69, 9.17) is 0 Å². The Morgan fingerprint density at radius 2 is 1.12 bits per heavy atom. The lowest BCUT2D eigenvalue weighted by molar-refractivity contribution is 0.470. The molecular formula is C15H30FS. The summed E-state index contributed by atoms with van der Waals surface area (Å²) in [6, 6.07) is 0. The van der Waals surface area contributed by atoms with Crippen molar-refractivity contribution in [3.05, 3.63) is 6.92 Å². The Kier molecular flexibility index (Phi) is 16.5. The van der Waals surface area contributed by atoms with E-state index in [1.807, 2.05) is 11.8 Å². The molecule has 103 valence electrons. The molecule has 0 amide bonds. The predicted octanol–water partition coefficient (Wildman–Crippen LogP) is 5.81. The van der Waals surface area contributed by atoms with Crippen LogP contribution in [0, 0.1) is 6.92 Å². The van der Waals surface area contributed by atoms with Crippen molar-refractivity contribution >= 4 is 11.8 Å². The normalized spacial score (nSPS) is 10.9. The zero-order chi connectivity index (χ0) is 12.6. The third-order valence-corrected chi connectivity index (χ3v) is 4.12. The Labute approximate surface area is 112 Å². The molecule has 1 radical (unpaired) electrons. The maximum absolute atomic E-state index is 11.8. The van der Waals surface area contributed by atoms with E-state index in [-0.39, 0.29) is 6.67 Å². The van der Waals surface area contributed by atoms with Crippen molar-refractivity contribution in [2.75, 3.05) is 18.2 Å². The third kappa shape index (κ3) is 16.3. The second kappa shape index (κ2) is 16.3. The lowest BCUT2D eigenvalue weighted by atomic mass is 10.1. The summed E-state index contributed by atoms with van der Waals surface area (Å²) in [6.45, 7) is 3.71. The average molecular weight is 261 g/mol. The van der Waals surface area contributed by atoms with Gasteiger partial charge in [-0.05, 0) is 30.8 Å². The van der Waals surface area contributed by atoms with Crippen LogP contribution in [-0.2, 0) is 0 Å². The van der Waals surface area contributed by atoms with Gasteiger partial charge in [-0.3, -0.25) is 4.39 Å². The molecule has 0 aliphatic carbocycles. The first-order valence-electron chi connectivity index (χ1n) is 7.34. The summed E-state index contributed by atoms with van der Waals surface area (Å²) in [5.74, 6) is 2.42. The fourth-order valence-electron chi connectivity index (χ4n) is 1.84. The first kappa shape index (κ1) is 17.3. The monoisotopic (exact) mass is 261 g/mol. The van der Waals surface area contributed by atoms with E-state index in [9.17, 15) is 4.39 Å². The lowest BCUT2D eigenvalue weighted by Crippen LogP contribution is -1.86. The van der Waals surface area contributed by atoms with Crippen LogP contribution in [0.25, 0.3) is 0 Å². The van der Waals surface area contributed by atoms with Crippen molar-refractivity contribution in [2.24, 2.45) is 0 Å². The van der Waals surface area contributed by atoms with Crippen molar-refractivity contribution in [1.29, 1.82) is 0 Å². The fourth-order valence-corrected chi connectivity index (χ4v) is 2.86. The van der Waals surface area contributed by atoms with Gasteiger partial charge < -0.3 is 0 Å². The van der Waals surface area contributed by atoms with Crippen LogP contribution in [0.15, 0.2) is 0 Å². The van der Waals surface area contributed by atoms with E-state index in [0.717, 1.165) is 25.0 Å². The maximum Gasteiger partial charge on any atom is 0.0894 e. The maximum atomic E-state index is 11.8. The van der Waals surface area contributed by atoms with Crippen molar-refractivity contribution < 1.29 is 4.39 Å².